The van der Waals surface area contributed by atoms with Gasteiger partial charge in [-0.1, -0.05) is 17.7 Å². The summed E-state index contributed by atoms with van der Waals surface area (Å²) in [7, 11) is 6.41. The fraction of sp³-hybridized carbons (Fsp3) is 0.350. The Hall–Kier alpha value is -2.80. The van der Waals surface area contributed by atoms with Crippen LogP contribution < -0.4 is 29.6 Å². The van der Waals surface area contributed by atoms with Crippen molar-refractivity contribution in [1.29, 1.82) is 0 Å². The molecule has 0 saturated heterocycles. The van der Waals surface area contributed by atoms with Gasteiger partial charge in [0.25, 0.3) is 0 Å². The van der Waals surface area contributed by atoms with Crippen molar-refractivity contribution in [3.05, 3.63) is 40.9 Å². The first kappa shape index (κ1) is 21.5. The maximum absolute atomic E-state index is 6.06. The number of hydrogen-bond donors (Lipinski definition) is 2. The van der Waals surface area contributed by atoms with Crippen LogP contribution >= 0.6 is 11.6 Å². The summed E-state index contributed by atoms with van der Waals surface area (Å²) in [4.78, 5) is 4.26. The van der Waals surface area contributed by atoms with E-state index in [2.05, 4.69) is 15.6 Å². The van der Waals surface area contributed by atoms with Crippen LogP contribution in [0.1, 0.15) is 12.5 Å². The second-order valence-electron chi connectivity index (χ2n) is 5.65. The molecule has 152 valence electrons. The molecule has 2 aromatic carbocycles. The third kappa shape index (κ3) is 5.36. The van der Waals surface area contributed by atoms with E-state index in [4.69, 9.17) is 30.5 Å². The average Bonchev–Trinajstić information content (AvgIpc) is 2.71. The van der Waals surface area contributed by atoms with Crippen LogP contribution in [0.4, 0.5) is 5.69 Å². The molecule has 2 aromatic rings. The van der Waals surface area contributed by atoms with Crippen molar-refractivity contribution in [3.8, 4) is 23.0 Å². The van der Waals surface area contributed by atoms with Gasteiger partial charge in [-0.25, -0.2) is 0 Å². The number of aliphatic imine (C=N–C) groups is 1. The van der Waals surface area contributed by atoms with Gasteiger partial charge in [-0.3, -0.25) is 4.99 Å². The summed E-state index contributed by atoms with van der Waals surface area (Å²) >= 11 is 6.06. The Balaban J connectivity index is 2.16. The molecule has 7 nitrogen and oxygen atoms in total. The van der Waals surface area contributed by atoms with Crippen molar-refractivity contribution in [2.24, 2.45) is 4.99 Å². The van der Waals surface area contributed by atoms with E-state index in [9.17, 15) is 0 Å². The summed E-state index contributed by atoms with van der Waals surface area (Å²) in [5, 5.41) is 7.11. The Morgan fingerprint density at radius 1 is 1.00 bits per heavy atom. The molecule has 8 heteroatoms. The number of nitrogens with zero attached hydrogens (tertiary/aromatic N) is 1. The van der Waals surface area contributed by atoms with Gasteiger partial charge in [-0.05, 0) is 19.1 Å². The van der Waals surface area contributed by atoms with Crippen molar-refractivity contribution in [2.75, 3.05) is 40.3 Å². The molecule has 28 heavy (non-hydrogen) atoms. The van der Waals surface area contributed by atoms with Crippen molar-refractivity contribution in [1.82, 2.24) is 5.32 Å². The topological polar surface area (TPSA) is 73.3 Å². The summed E-state index contributed by atoms with van der Waals surface area (Å²) in [5.41, 5.74) is 1.71. The Morgan fingerprint density at radius 3 is 2.21 bits per heavy atom. The SMILES string of the molecule is CCOc1cc(Cl)ccc1CNC(=NC)Nc1cc(OC)c(OC)c(OC)c1. The molecular weight excluding hydrogens is 382 g/mol. The van der Waals surface area contributed by atoms with Gasteiger partial charge in [0.2, 0.25) is 5.75 Å². The number of guanidine groups is 1. The van der Waals surface area contributed by atoms with Gasteiger partial charge in [0.05, 0.1) is 27.9 Å². The molecule has 0 unspecified atom stereocenters. The van der Waals surface area contributed by atoms with Crippen LogP contribution in [-0.2, 0) is 6.54 Å². The van der Waals surface area contributed by atoms with E-state index in [0.29, 0.717) is 41.4 Å². The first-order valence-electron chi connectivity index (χ1n) is 8.75. The van der Waals surface area contributed by atoms with Gasteiger partial charge in [-0.2, -0.15) is 0 Å². The van der Waals surface area contributed by atoms with Crippen LogP contribution in [-0.4, -0.2) is 40.9 Å². The summed E-state index contributed by atoms with van der Waals surface area (Å²) in [6.45, 7) is 3.01. The van der Waals surface area contributed by atoms with E-state index in [1.807, 2.05) is 31.2 Å². The molecule has 0 amide bonds. The largest absolute Gasteiger partial charge is 0.493 e. The third-order valence-corrected chi connectivity index (χ3v) is 4.16. The smallest absolute Gasteiger partial charge is 0.203 e. The van der Waals surface area contributed by atoms with Crippen LogP contribution in [0.2, 0.25) is 5.02 Å². The average molecular weight is 408 g/mol. The Bertz CT molecular complexity index is 802. The van der Waals surface area contributed by atoms with E-state index in [1.165, 1.54) is 0 Å². The van der Waals surface area contributed by atoms with E-state index in [1.54, 1.807) is 34.4 Å². The predicted molar refractivity (Wildman–Crippen MR) is 113 cm³/mol. The zero-order valence-electron chi connectivity index (χ0n) is 16.8. The highest BCUT2D eigenvalue weighted by atomic mass is 35.5. The molecule has 0 aromatic heterocycles. The number of benzene rings is 2. The number of nitrogens with one attached hydrogen (secondary N) is 2. The molecule has 0 spiro atoms. The molecule has 0 saturated carbocycles. The van der Waals surface area contributed by atoms with E-state index >= 15 is 0 Å². The lowest BCUT2D eigenvalue weighted by atomic mass is 10.2. The molecule has 0 aliphatic heterocycles. The lowest BCUT2D eigenvalue weighted by Gasteiger charge is -2.17. The van der Waals surface area contributed by atoms with Crippen molar-refractivity contribution < 1.29 is 18.9 Å². The molecule has 0 radical (unpaired) electrons. The van der Waals surface area contributed by atoms with Gasteiger partial charge in [0.1, 0.15) is 5.75 Å². The van der Waals surface area contributed by atoms with Gasteiger partial charge < -0.3 is 29.6 Å². The summed E-state index contributed by atoms with van der Waals surface area (Å²) in [6.07, 6.45) is 0. The lowest BCUT2D eigenvalue weighted by molar-refractivity contribution is 0.324. The number of ether oxygens (including phenoxy) is 4. The third-order valence-electron chi connectivity index (χ3n) is 3.93. The molecule has 0 bridgehead atoms. The minimum absolute atomic E-state index is 0.511. The molecule has 0 atom stereocenters. The highest BCUT2D eigenvalue weighted by molar-refractivity contribution is 6.30. The van der Waals surface area contributed by atoms with Crippen LogP contribution in [0, 0.1) is 0 Å². The zero-order valence-corrected chi connectivity index (χ0v) is 17.5. The number of anilines is 1. The van der Waals surface area contributed by atoms with Crippen LogP contribution in [0.15, 0.2) is 35.3 Å². The molecule has 0 aliphatic carbocycles. The quantitative estimate of drug-likeness (QED) is 0.510. The Labute approximate surface area is 170 Å². The minimum atomic E-state index is 0.511. The summed E-state index contributed by atoms with van der Waals surface area (Å²) < 4.78 is 21.8. The van der Waals surface area contributed by atoms with Crippen molar-refractivity contribution >= 4 is 23.2 Å². The molecular formula is C20H26ClN3O4. The zero-order chi connectivity index (χ0) is 20.5. The second kappa shape index (κ2) is 10.5. The second-order valence-corrected chi connectivity index (χ2v) is 6.09. The molecule has 2 rings (SSSR count). The van der Waals surface area contributed by atoms with Gasteiger partial charge in [0, 0.05) is 42.0 Å². The standard InChI is InChI=1S/C20H26ClN3O4/c1-6-28-16-9-14(21)8-7-13(16)12-23-20(22-2)24-15-10-17(25-3)19(27-5)18(11-15)26-4/h7-11H,6,12H2,1-5H3,(H2,22,23,24). The summed E-state index contributed by atoms with van der Waals surface area (Å²) in [5.74, 6) is 2.95. The monoisotopic (exact) mass is 407 g/mol. The fourth-order valence-electron chi connectivity index (χ4n) is 2.61. The van der Waals surface area contributed by atoms with Gasteiger partial charge >= 0.3 is 0 Å². The predicted octanol–water partition coefficient (Wildman–Crippen LogP) is 3.95. The van der Waals surface area contributed by atoms with Crippen LogP contribution in [0.5, 0.6) is 23.0 Å². The number of rotatable bonds is 8. The molecule has 0 fully saturated rings. The minimum Gasteiger partial charge on any atom is -0.493 e. The normalized spacial score (nSPS) is 11.0. The highest BCUT2D eigenvalue weighted by Crippen LogP contribution is 2.39. The maximum Gasteiger partial charge on any atom is 0.203 e. The number of methoxy groups -OCH3 is 3. The van der Waals surface area contributed by atoms with Crippen molar-refractivity contribution in [2.45, 2.75) is 13.5 Å². The Kier molecular flexibility index (Phi) is 8.07. The highest BCUT2D eigenvalue weighted by Gasteiger charge is 2.14. The maximum atomic E-state index is 6.06. The van der Waals surface area contributed by atoms with E-state index < -0.39 is 0 Å². The lowest BCUT2D eigenvalue weighted by Crippen LogP contribution is -2.30. The van der Waals surface area contributed by atoms with E-state index in [0.717, 1.165) is 17.0 Å². The van der Waals surface area contributed by atoms with E-state index in [-0.39, 0.29) is 0 Å². The number of halogens is 1. The van der Waals surface area contributed by atoms with Crippen LogP contribution in [0.3, 0.4) is 0 Å². The van der Waals surface area contributed by atoms with Gasteiger partial charge in [-0.15, -0.1) is 0 Å². The van der Waals surface area contributed by atoms with Crippen molar-refractivity contribution in [3.63, 3.8) is 0 Å². The first-order valence-corrected chi connectivity index (χ1v) is 9.12. The van der Waals surface area contributed by atoms with Gasteiger partial charge in [0.15, 0.2) is 17.5 Å². The van der Waals surface area contributed by atoms with Crippen LogP contribution in [0.25, 0.3) is 0 Å². The fourth-order valence-corrected chi connectivity index (χ4v) is 2.77. The summed E-state index contributed by atoms with van der Waals surface area (Å²) in [6, 6.07) is 9.17. The molecule has 0 heterocycles. The Morgan fingerprint density at radius 2 is 1.68 bits per heavy atom. The molecule has 2 N–H and O–H groups in total. The molecule has 0 aliphatic rings. The first-order chi connectivity index (χ1) is 13.6. The number of hydrogen-bond acceptors (Lipinski definition) is 5.